The van der Waals surface area contributed by atoms with E-state index in [4.69, 9.17) is 17.3 Å². The van der Waals surface area contributed by atoms with Gasteiger partial charge in [0, 0.05) is 11.1 Å². The number of nitrogens with two attached hydrogens (primary N) is 1. The van der Waals surface area contributed by atoms with Crippen molar-refractivity contribution in [3.05, 3.63) is 34.3 Å². The molecule has 0 aliphatic carbocycles. The van der Waals surface area contributed by atoms with Crippen molar-refractivity contribution in [2.45, 2.75) is 19.9 Å². The van der Waals surface area contributed by atoms with Gasteiger partial charge in [0.25, 0.3) is 0 Å². The maximum Gasteiger partial charge on any atom is 0.0435 e. The fraction of sp³-hybridized carbons (Fsp3) is 0.333. The third-order valence-corrected chi connectivity index (χ3v) is 2.13. The van der Waals surface area contributed by atoms with E-state index >= 15 is 0 Å². The van der Waals surface area contributed by atoms with Crippen molar-refractivity contribution in [3.8, 4) is 0 Å². The molecule has 1 rings (SSSR count). The zero-order valence-corrected chi connectivity index (χ0v) is 8.75. The van der Waals surface area contributed by atoms with E-state index in [-0.39, 0.29) is 18.4 Å². The van der Waals surface area contributed by atoms with Crippen molar-refractivity contribution in [2.75, 3.05) is 0 Å². The highest BCUT2D eigenvalue weighted by Gasteiger charge is 2.00. The van der Waals surface area contributed by atoms with E-state index in [9.17, 15) is 0 Å². The lowest BCUT2D eigenvalue weighted by atomic mass is 10.1. The van der Waals surface area contributed by atoms with Gasteiger partial charge in [0.05, 0.1) is 0 Å². The molecule has 0 aliphatic rings. The van der Waals surface area contributed by atoms with E-state index < -0.39 is 0 Å². The van der Waals surface area contributed by atoms with E-state index in [1.165, 1.54) is 0 Å². The number of benzene rings is 1. The van der Waals surface area contributed by atoms with Gasteiger partial charge in [-0.1, -0.05) is 23.7 Å². The molecule has 0 amide bonds. The molecule has 0 saturated carbocycles. The standard InChI is InChI=1S/C9H12ClN.ClH/c1-6-5-8(7(2)11)3-4-9(6)10;/h3-5,7H,11H2,1-2H3;1H/t7-;/m0./s1. The molecule has 0 spiro atoms. The Morgan fingerprint density at radius 1 is 1.42 bits per heavy atom. The highest BCUT2D eigenvalue weighted by atomic mass is 35.5. The molecule has 0 aromatic heterocycles. The molecule has 1 atom stereocenters. The SMILES string of the molecule is Cc1cc([C@H](C)N)ccc1Cl.Cl. The minimum absolute atomic E-state index is 0. The third kappa shape index (κ3) is 2.67. The van der Waals surface area contributed by atoms with Crippen LogP contribution in [0, 0.1) is 6.92 Å². The van der Waals surface area contributed by atoms with Crippen molar-refractivity contribution in [1.82, 2.24) is 0 Å². The van der Waals surface area contributed by atoms with Crippen LogP contribution in [0.4, 0.5) is 0 Å². The Hall–Kier alpha value is -0.240. The van der Waals surface area contributed by atoms with Gasteiger partial charge in [-0.05, 0) is 31.0 Å². The monoisotopic (exact) mass is 205 g/mol. The van der Waals surface area contributed by atoms with E-state index in [0.29, 0.717) is 0 Å². The first kappa shape index (κ1) is 11.8. The molecule has 0 radical (unpaired) electrons. The van der Waals surface area contributed by atoms with E-state index in [0.717, 1.165) is 16.1 Å². The van der Waals surface area contributed by atoms with Crippen molar-refractivity contribution >= 4 is 24.0 Å². The van der Waals surface area contributed by atoms with Crippen LogP contribution < -0.4 is 5.73 Å². The summed E-state index contributed by atoms with van der Waals surface area (Å²) in [5.74, 6) is 0. The van der Waals surface area contributed by atoms with Crippen LogP contribution in [0.3, 0.4) is 0 Å². The molecule has 0 fully saturated rings. The second kappa shape index (κ2) is 4.70. The Labute approximate surface area is 84.3 Å². The van der Waals surface area contributed by atoms with Crippen LogP contribution in [-0.2, 0) is 0 Å². The molecular weight excluding hydrogens is 193 g/mol. The van der Waals surface area contributed by atoms with Gasteiger partial charge >= 0.3 is 0 Å². The topological polar surface area (TPSA) is 26.0 Å². The van der Waals surface area contributed by atoms with E-state index in [1.807, 2.05) is 32.0 Å². The lowest BCUT2D eigenvalue weighted by Crippen LogP contribution is -2.04. The van der Waals surface area contributed by atoms with E-state index in [1.54, 1.807) is 0 Å². The zero-order valence-electron chi connectivity index (χ0n) is 7.17. The van der Waals surface area contributed by atoms with Crippen LogP contribution in [0.1, 0.15) is 24.1 Å². The second-order valence-electron chi connectivity index (χ2n) is 2.80. The predicted molar refractivity (Wildman–Crippen MR) is 56.0 cm³/mol. The number of halogens is 2. The first-order valence-corrected chi connectivity index (χ1v) is 4.00. The fourth-order valence-electron chi connectivity index (χ4n) is 0.951. The normalized spacial score (nSPS) is 12.0. The molecule has 0 saturated heterocycles. The molecular formula is C9H13Cl2N. The lowest BCUT2D eigenvalue weighted by Gasteiger charge is -2.06. The Morgan fingerprint density at radius 3 is 2.42 bits per heavy atom. The van der Waals surface area contributed by atoms with Gasteiger partial charge in [-0.15, -0.1) is 12.4 Å². The van der Waals surface area contributed by atoms with Crippen LogP contribution >= 0.6 is 24.0 Å². The maximum atomic E-state index is 5.84. The molecule has 3 heteroatoms. The van der Waals surface area contributed by atoms with Gasteiger partial charge in [0.2, 0.25) is 0 Å². The fourth-order valence-corrected chi connectivity index (χ4v) is 1.07. The molecule has 1 aromatic carbocycles. The molecule has 12 heavy (non-hydrogen) atoms. The molecule has 0 aliphatic heterocycles. The summed E-state index contributed by atoms with van der Waals surface area (Å²) in [6.45, 7) is 3.94. The average Bonchev–Trinajstić information content (AvgIpc) is 1.94. The van der Waals surface area contributed by atoms with Gasteiger partial charge in [-0.3, -0.25) is 0 Å². The number of rotatable bonds is 1. The summed E-state index contributed by atoms with van der Waals surface area (Å²) in [7, 11) is 0. The number of hydrogen-bond acceptors (Lipinski definition) is 1. The molecule has 68 valence electrons. The Balaban J connectivity index is 0.00000121. The first-order valence-electron chi connectivity index (χ1n) is 3.63. The van der Waals surface area contributed by atoms with Crippen molar-refractivity contribution in [3.63, 3.8) is 0 Å². The van der Waals surface area contributed by atoms with Gasteiger partial charge in [0.15, 0.2) is 0 Å². The minimum Gasteiger partial charge on any atom is -0.324 e. The van der Waals surface area contributed by atoms with Gasteiger partial charge in [0.1, 0.15) is 0 Å². The molecule has 2 N–H and O–H groups in total. The van der Waals surface area contributed by atoms with Crippen molar-refractivity contribution < 1.29 is 0 Å². The molecule has 0 unspecified atom stereocenters. The zero-order chi connectivity index (χ0) is 8.43. The second-order valence-corrected chi connectivity index (χ2v) is 3.20. The largest absolute Gasteiger partial charge is 0.324 e. The summed E-state index contributed by atoms with van der Waals surface area (Å²) in [6.07, 6.45) is 0. The summed E-state index contributed by atoms with van der Waals surface area (Å²) >= 11 is 5.84. The quantitative estimate of drug-likeness (QED) is 0.750. The van der Waals surface area contributed by atoms with Gasteiger partial charge in [-0.2, -0.15) is 0 Å². The first-order chi connectivity index (χ1) is 5.11. The maximum absolute atomic E-state index is 5.84. The Kier molecular flexibility index (Phi) is 4.61. The molecule has 0 heterocycles. The smallest absolute Gasteiger partial charge is 0.0435 e. The third-order valence-electron chi connectivity index (χ3n) is 1.71. The lowest BCUT2D eigenvalue weighted by molar-refractivity contribution is 0.817. The molecule has 1 nitrogen and oxygen atoms in total. The van der Waals surface area contributed by atoms with Gasteiger partial charge in [-0.25, -0.2) is 0 Å². The summed E-state index contributed by atoms with van der Waals surface area (Å²) in [5, 5.41) is 0.800. The average molecular weight is 206 g/mol. The number of hydrogen-bond donors (Lipinski definition) is 1. The van der Waals surface area contributed by atoms with Crippen LogP contribution in [0.5, 0.6) is 0 Å². The predicted octanol–water partition coefficient (Wildman–Crippen LogP) is 3.09. The van der Waals surface area contributed by atoms with E-state index in [2.05, 4.69) is 0 Å². The van der Waals surface area contributed by atoms with Gasteiger partial charge < -0.3 is 5.73 Å². The van der Waals surface area contributed by atoms with Crippen LogP contribution in [0.25, 0.3) is 0 Å². The summed E-state index contributed by atoms with van der Waals surface area (Å²) in [6, 6.07) is 5.95. The Bertz CT molecular complexity index is 259. The van der Waals surface area contributed by atoms with Crippen LogP contribution in [-0.4, -0.2) is 0 Å². The highest BCUT2D eigenvalue weighted by Crippen LogP contribution is 2.19. The summed E-state index contributed by atoms with van der Waals surface area (Å²) < 4.78 is 0. The summed E-state index contributed by atoms with van der Waals surface area (Å²) in [5.41, 5.74) is 7.91. The van der Waals surface area contributed by atoms with Crippen LogP contribution in [0.15, 0.2) is 18.2 Å². The van der Waals surface area contributed by atoms with Crippen molar-refractivity contribution in [1.29, 1.82) is 0 Å². The summed E-state index contributed by atoms with van der Waals surface area (Å²) in [4.78, 5) is 0. The minimum atomic E-state index is 0. The Morgan fingerprint density at radius 2 is 2.00 bits per heavy atom. The number of aryl methyl sites for hydroxylation is 1. The molecule has 0 bridgehead atoms. The highest BCUT2D eigenvalue weighted by molar-refractivity contribution is 6.31. The van der Waals surface area contributed by atoms with Crippen LogP contribution in [0.2, 0.25) is 5.02 Å². The van der Waals surface area contributed by atoms with Crippen molar-refractivity contribution in [2.24, 2.45) is 5.73 Å². The molecule has 1 aromatic rings.